The number of nitrogens with zero attached hydrogens (tertiary/aromatic N) is 3. The lowest BCUT2D eigenvalue weighted by molar-refractivity contribution is 0.323. The maximum absolute atomic E-state index is 12.8. The van der Waals surface area contributed by atoms with Crippen LogP contribution in [0, 0.1) is 5.41 Å². The second kappa shape index (κ2) is 8.84. The molecule has 2 atom stereocenters. The molecule has 0 amide bonds. The van der Waals surface area contributed by atoms with Crippen molar-refractivity contribution in [1.82, 2.24) is 13.1 Å². The number of nitrogens with one attached hydrogen (secondary N) is 2. The first kappa shape index (κ1) is 23.9. The number of aromatic hydroxyl groups is 1. The lowest BCUT2D eigenvalue weighted by Gasteiger charge is -2.27. The van der Waals surface area contributed by atoms with E-state index in [1.165, 1.54) is 16.7 Å². The van der Waals surface area contributed by atoms with Crippen LogP contribution in [0.2, 0.25) is 0 Å². The zero-order valence-corrected chi connectivity index (χ0v) is 21.2. The number of thiophene rings is 1. The summed E-state index contributed by atoms with van der Waals surface area (Å²) >= 11 is -0.815. The number of hydrogen-bond acceptors (Lipinski definition) is 8. The van der Waals surface area contributed by atoms with E-state index in [9.17, 15) is 18.1 Å². The molecule has 1 aromatic carbocycles. The molecule has 0 aliphatic heterocycles. The summed E-state index contributed by atoms with van der Waals surface area (Å²) in [6.45, 7) is 6.18. The molecule has 1 unspecified atom stereocenters. The molecule has 2 heterocycles. The van der Waals surface area contributed by atoms with Gasteiger partial charge in [-0.3, -0.25) is 4.99 Å². The van der Waals surface area contributed by atoms with Crippen LogP contribution < -0.4 is 10.8 Å². The summed E-state index contributed by atoms with van der Waals surface area (Å²) in [7, 11) is -2.28. The number of aromatic nitrogens is 2. The van der Waals surface area contributed by atoms with Gasteiger partial charge in [-0.15, -0.1) is 15.7 Å². The molecule has 3 aromatic rings. The highest BCUT2D eigenvalue weighted by molar-refractivity contribution is 7.91. The van der Waals surface area contributed by atoms with Crippen molar-refractivity contribution in [3.05, 3.63) is 46.8 Å². The third-order valence-corrected chi connectivity index (χ3v) is 9.55. The van der Waals surface area contributed by atoms with Gasteiger partial charge >= 0.3 is 0 Å². The van der Waals surface area contributed by atoms with Gasteiger partial charge in [-0.05, 0) is 23.8 Å². The molecule has 178 valence electrons. The standard InChI is InChI=1S/C21H27N5O4S3/c1-21(2,3)17(13-8-6-5-7-9-13)23-19-18(24-32(28)25-19)22-15-12-31-20(16(15)27)33(29,30)26(4)14-10-11-14/h5-9,12,14,17,27H,10-11H2,1-4H3,(H,22,24)(H,23,25)/t17-,32?/m0/s1. The van der Waals surface area contributed by atoms with Crippen LogP contribution in [0.25, 0.3) is 0 Å². The van der Waals surface area contributed by atoms with Gasteiger partial charge in [0.1, 0.15) is 0 Å². The van der Waals surface area contributed by atoms with Crippen LogP contribution in [-0.4, -0.2) is 44.2 Å². The van der Waals surface area contributed by atoms with Gasteiger partial charge in [0.15, 0.2) is 21.1 Å². The topological polar surface area (TPSA) is 134 Å². The van der Waals surface area contributed by atoms with Crippen molar-refractivity contribution in [2.75, 3.05) is 12.4 Å². The normalized spacial score (nSPS) is 16.9. The molecule has 0 radical (unpaired) electrons. The van der Waals surface area contributed by atoms with Crippen LogP contribution in [0.3, 0.4) is 0 Å². The van der Waals surface area contributed by atoms with Gasteiger partial charge in [-0.1, -0.05) is 51.1 Å². The first-order valence-corrected chi connectivity index (χ1v) is 13.9. The van der Waals surface area contributed by atoms with E-state index in [1.54, 1.807) is 0 Å². The zero-order valence-electron chi connectivity index (χ0n) is 18.8. The Bertz CT molecular complexity index is 1300. The van der Waals surface area contributed by atoms with Crippen LogP contribution in [-0.2, 0) is 10.0 Å². The van der Waals surface area contributed by atoms with Crippen LogP contribution in [0.1, 0.15) is 45.2 Å². The SMILES string of the molecule is CN(C1CC1)S(=O)(=O)c1scc(Nc2n[s+]([O-])[nH]c2=N[C@@H](c2ccccc2)C(C)(C)C)c1O. The Labute approximate surface area is 200 Å². The molecular weight excluding hydrogens is 482 g/mol. The Morgan fingerprint density at radius 3 is 2.61 bits per heavy atom. The quantitative estimate of drug-likeness (QED) is 0.410. The fourth-order valence-electron chi connectivity index (χ4n) is 3.48. The van der Waals surface area contributed by atoms with E-state index in [0.29, 0.717) is 0 Å². The molecule has 4 rings (SSSR count). The Morgan fingerprint density at radius 2 is 2.00 bits per heavy atom. The second-order valence-corrected chi connectivity index (χ2v) is 13.1. The molecule has 1 aliphatic rings. The first-order chi connectivity index (χ1) is 15.5. The third kappa shape index (κ3) is 4.99. The van der Waals surface area contributed by atoms with Gasteiger partial charge in [0, 0.05) is 22.8 Å². The van der Waals surface area contributed by atoms with Crippen molar-refractivity contribution in [1.29, 1.82) is 0 Å². The minimum atomic E-state index is -3.80. The molecule has 9 nitrogen and oxygen atoms in total. The summed E-state index contributed by atoms with van der Waals surface area (Å²) in [4.78, 5) is 4.80. The number of sulfonamides is 1. The number of aromatic amines is 1. The van der Waals surface area contributed by atoms with Crippen molar-refractivity contribution in [3.8, 4) is 5.75 Å². The largest absolute Gasteiger partial charge is 0.548 e. The second-order valence-electron chi connectivity index (χ2n) is 9.11. The third-order valence-electron chi connectivity index (χ3n) is 5.44. The number of hydrogen-bond donors (Lipinski definition) is 3. The maximum Gasteiger partial charge on any atom is 0.256 e. The number of rotatable bonds is 7. The van der Waals surface area contributed by atoms with E-state index >= 15 is 0 Å². The Balaban J connectivity index is 1.70. The van der Waals surface area contributed by atoms with E-state index in [2.05, 4.69) is 34.8 Å². The van der Waals surface area contributed by atoms with Crippen molar-refractivity contribution in [3.63, 3.8) is 0 Å². The summed E-state index contributed by atoms with van der Waals surface area (Å²) in [5, 5.41) is 15.1. The molecule has 2 aromatic heterocycles. The Kier molecular flexibility index (Phi) is 6.40. The minimum absolute atomic E-state index is 0.0233. The fourth-order valence-corrected chi connectivity index (χ4v) is 6.96. The van der Waals surface area contributed by atoms with Gasteiger partial charge in [-0.2, -0.15) is 4.31 Å². The van der Waals surface area contributed by atoms with Crippen molar-refractivity contribution in [2.24, 2.45) is 10.4 Å². The molecule has 3 N–H and O–H groups in total. The van der Waals surface area contributed by atoms with Gasteiger partial charge in [0.05, 0.1) is 11.7 Å². The zero-order chi connectivity index (χ0) is 24.0. The van der Waals surface area contributed by atoms with Crippen molar-refractivity contribution < 1.29 is 18.1 Å². The molecule has 1 aliphatic carbocycles. The van der Waals surface area contributed by atoms with Crippen LogP contribution in [0.15, 0.2) is 44.9 Å². The first-order valence-electron chi connectivity index (χ1n) is 10.4. The average Bonchev–Trinajstić information content (AvgIpc) is 3.45. The smallest absolute Gasteiger partial charge is 0.256 e. The molecule has 0 saturated heterocycles. The van der Waals surface area contributed by atoms with Gasteiger partial charge in [-0.25, -0.2) is 8.42 Å². The Hall–Kier alpha value is -2.25. The molecule has 12 heteroatoms. The van der Waals surface area contributed by atoms with E-state index in [1.807, 2.05) is 30.3 Å². The van der Waals surface area contributed by atoms with Gasteiger partial charge in [0.25, 0.3) is 10.0 Å². The van der Waals surface area contributed by atoms with Gasteiger partial charge < -0.3 is 15.0 Å². The summed E-state index contributed by atoms with van der Waals surface area (Å²) < 4.78 is 45.8. The molecular formula is C21H27N5O4S3. The predicted molar refractivity (Wildman–Crippen MR) is 129 cm³/mol. The molecule has 1 fully saturated rings. The molecule has 0 bridgehead atoms. The van der Waals surface area contributed by atoms with E-state index < -0.39 is 21.2 Å². The minimum Gasteiger partial charge on any atom is -0.548 e. The maximum atomic E-state index is 12.8. The summed E-state index contributed by atoms with van der Waals surface area (Å²) in [6, 6.07) is 9.48. The predicted octanol–water partition coefficient (Wildman–Crippen LogP) is 4.12. The highest BCUT2D eigenvalue weighted by atomic mass is 32.2. The molecule has 0 spiro atoms. The molecule has 1 saturated carbocycles. The monoisotopic (exact) mass is 509 g/mol. The summed E-state index contributed by atoms with van der Waals surface area (Å²) in [5.74, 6) is -0.214. The summed E-state index contributed by atoms with van der Waals surface area (Å²) in [6.07, 6.45) is 1.63. The average molecular weight is 510 g/mol. The lowest BCUT2D eigenvalue weighted by Crippen LogP contribution is -2.28. The van der Waals surface area contributed by atoms with E-state index in [-0.39, 0.29) is 44.5 Å². The van der Waals surface area contributed by atoms with E-state index in [4.69, 9.17) is 4.99 Å². The highest BCUT2D eigenvalue weighted by Crippen LogP contribution is 2.42. The van der Waals surface area contributed by atoms with E-state index in [0.717, 1.165) is 29.7 Å². The fraction of sp³-hybridized carbons (Fsp3) is 0.429. The Morgan fingerprint density at radius 1 is 1.33 bits per heavy atom. The van der Waals surface area contributed by atoms with Crippen molar-refractivity contribution >= 4 is 44.0 Å². The summed E-state index contributed by atoms with van der Waals surface area (Å²) in [5.41, 5.74) is 1.19. The van der Waals surface area contributed by atoms with Crippen molar-refractivity contribution in [2.45, 2.75) is 49.9 Å². The van der Waals surface area contributed by atoms with Crippen LogP contribution in [0.4, 0.5) is 11.5 Å². The van der Waals surface area contributed by atoms with Crippen LogP contribution in [0.5, 0.6) is 5.75 Å². The number of anilines is 2. The molecule has 33 heavy (non-hydrogen) atoms. The number of benzene rings is 1. The lowest BCUT2D eigenvalue weighted by atomic mass is 9.83. The van der Waals surface area contributed by atoms with Gasteiger partial charge in [0.2, 0.25) is 11.3 Å². The van der Waals surface area contributed by atoms with Crippen LogP contribution >= 0.6 is 22.5 Å². The highest BCUT2D eigenvalue weighted by Gasteiger charge is 2.38. The number of H-pyrrole nitrogens is 1.